The number of hydrogen-bond donors (Lipinski definition) is 0. The molecule has 0 unspecified atom stereocenters. The third-order valence-electron chi connectivity index (χ3n) is 4.22. The molecule has 0 atom stereocenters. The van der Waals surface area contributed by atoms with Gasteiger partial charge in [0.25, 0.3) is 0 Å². The van der Waals surface area contributed by atoms with Crippen molar-refractivity contribution in [2.24, 2.45) is 0 Å². The number of methoxy groups -OCH3 is 1. The number of hydrogen-bond acceptors (Lipinski definition) is 8. The largest absolute Gasteiger partial charge is 0.465 e. The Kier molecular flexibility index (Phi) is 6.08. The van der Waals surface area contributed by atoms with Crippen molar-refractivity contribution in [2.75, 3.05) is 33.3 Å². The van der Waals surface area contributed by atoms with Gasteiger partial charge in [0.05, 0.1) is 17.8 Å². The molecule has 1 aliphatic heterocycles. The number of carbonyl (C=O) groups is 1. The fourth-order valence-electron chi connectivity index (χ4n) is 2.94. The summed E-state index contributed by atoms with van der Waals surface area (Å²) in [5, 5.41) is 4.68. The highest BCUT2D eigenvalue weighted by Crippen LogP contribution is 2.27. The molecule has 2 aromatic rings. The zero-order chi connectivity index (χ0) is 18.7. The Labute approximate surface area is 161 Å². The van der Waals surface area contributed by atoms with Crippen molar-refractivity contribution in [2.45, 2.75) is 24.8 Å². The van der Waals surface area contributed by atoms with E-state index in [0.717, 1.165) is 41.5 Å². The number of ether oxygens (including phenoxy) is 1. The zero-order valence-corrected chi connectivity index (χ0v) is 17.1. The predicted octanol–water partition coefficient (Wildman–Crippen LogP) is 2.20. The minimum Gasteiger partial charge on any atom is -0.465 e. The van der Waals surface area contributed by atoms with Crippen LogP contribution >= 0.6 is 22.7 Å². The topological polar surface area (TPSA) is 79.8 Å². The summed E-state index contributed by atoms with van der Waals surface area (Å²) < 4.78 is 32.2. The maximum absolute atomic E-state index is 13.0. The van der Waals surface area contributed by atoms with Gasteiger partial charge in [0.15, 0.2) is 0 Å². The molecule has 3 rings (SSSR count). The summed E-state index contributed by atoms with van der Waals surface area (Å²) in [6, 6.07) is 1.48. The normalized spacial score (nSPS) is 17.2. The summed E-state index contributed by atoms with van der Waals surface area (Å²) in [6.07, 6.45) is 0.736. The molecule has 142 valence electrons. The number of esters is 1. The number of sulfonamides is 1. The first-order valence-corrected chi connectivity index (χ1v) is 11.4. The van der Waals surface area contributed by atoms with Crippen molar-refractivity contribution >= 4 is 38.7 Å². The van der Waals surface area contributed by atoms with Gasteiger partial charge in [0, 0.05) is 31.6 Å². The lowest BCUT2D eigenvalue weighted by atomic mass is 10.3. The Hall–Kier alpha value is -1.33. The van der Waals surface area contributed by atoms with Crippen molar-refractivity contribution < 1.29 is 17.9 Å². The average molecular weight is 416 g/mol. The zero-order valence-electron chi connectivity index (χ0n) is 14.7. The van der Waals surface area contributed by atoms with E-state index in [-0.39, 0.29) is 9.77 Å². The Morgan fingerprint density at radius 2 is 2.08 bits per heavy atom. The molecule has 7 nitrogen and oxygen atoms in total. The average Bonchev–Trinajstić information content (AvgIpc) is 3.19. The highest BCUT2D eigenvalue weighted by atomic mass is 32.2. The van der Waals surface area contributed by atoms with Crippen LogP contribution < -0.4 is 0 Å². The molecular formula is C16H21N3O4S3. The first-order chi connectivity index (χ1) is 12.4. The Balaban J connectivity index is 1.72. The SMILES string of the molecule is COC(=O)c1sccc1S(=O)(=O)N1CCCN(Cc2csc(C)n2)CC1. The molecule has 26 heavy (non-hydrogen) atoms. The van der Waals surface area contributed by atoms with Crippen LogP contribution in [0, 0.1) is 6.92 Å². The number of aromatic nitrogens is 1. The standard InChI is InChI=1S/C16H21N3O4S3/c1-12-17-13(11-25-12)10-18-5-3-6-19(8-7-18)26(21,22)14-4-9-24-15(14)16(20)23-2/h4,9,11H,3,5-8,10H2,1-2H3. The van der Waals surface area contributed by atoms with Crippen molar-refractivity contribution in [1.82, 2.24) is 14.2 Å². The van der Waals surface area contributed by atoms with E-state index in [1.165, 1.54) is 17.5 Å². The second-order valence-corrected chi connectivity index (χ2v) is 9.88. The molecule has 0 saturated carbocycles. The molecular weight excluding hydrogens is 394 g/mol. The van der Waals surface area contributed by atoms with E-state index in [4.69, 9.17) is 4.74 Å². The van der Waals surface area contributed by atoms with Gasteiger partial charge < -0.3 is 4.74 Å². The Morgan fingerprint density at radius 1 is 1.27 bits per heavy atom. The number of carbonyl (C=O) groups excluding carboxylic acids is 1. The van der Waals surface area contributed by atoms with E-state index in [2.05, 4.69) is 9.88 Å². The van der Waals surface area contributed by atoms with Crippen LogP contribution in [0.4, 0.5) is 0 Å². The van der Waals surface area contributed by atoms with Gasteiger partial charge in [-0.2, -0.15) is 4.31 Å². The van der Waals surface area contributed by atoms with Crippen molar-refractivity contribution in [3.63, 3.8) is 0 Å². The number of nitrogens with zero attached hydrogens (tertiary/aromatic N) is 3. The highest BCUT2D eigenvalue weighted by molar-refractivity contribution is 7.89. The van der Waals surface area contributed by atoms with Gasteiger partial charge in [-0.15, -0.1) is 22.7 Å². The van der Waals surface area contributed by atoms with Gasteiger partial charge >= 0.3 is 5.97 Å². The molecule has 0 amide bonds. The third kappa shape index (κ3) is 4.15. The first-order valence-electron chi connectivity index (χ1n) is 8.21. The van der Waals surface area contributed by atoms with Gasteiger partial charge in [-0.25, -0.2) is 18.2 Å². The lowest BCUT2D eigenvalue weighted by molar-refractivity contribution is 0.0602. The summed E-state index contributed by atoms with van der Waals surface area (Å²) >= 11 is 2.71. The molecule has 0 bridgehead atoms. The van der Waals surface area contributed by atoms with Crippen LogP contribution in [0.1, 0.15) is 26.8 Å². The first kappa shape index (κ1) is 19.4. The van der Waals surface area contributed by atoms with Gasteiger partial charge in [-0.1, -0.05) is 0 Å². The number of rotatable bonds is 5. The lowest BCUT2D eigenvalue weighted by Gasteiger charge is -2.21. The second-order valence-electron chi connectivity index (χ2n) is 6.00. The van der Waals surface area contributed by atoms with E-state index in [0.29, 0.717) is 19.6 Å². The van der Waals surface area contributed by atoms with E-state index in [9.17, 15) is 13.2 Å². The number of thiophene rings is 1. The monoisotopic (exact) mass is 415 g/mol. The maximum Gasteiger partial charge on any atom is 0.349 e. The molecule has 0 aromatic carbocycles. The van der Waals surface area contributed by atoms with Crippen LogP contribution in [-0.4, -0.2) is 61.9 Å². The molecule has 1 fully saturated rings. The van der Waals surface area contributed by atoms with Crippen LogP contribution in [0.3, 0.4) is 0 Å². The lowest BCUT2D eigenvalue weighted by Crippen LogP contribution is -2.35. The molecule has 1 saturated heterocycles. The summed E-state index contributed by atoms with van der Waals surface area (Å²) in [4.78, 5) is 18.7. The quantitative estimate of drug-likeness (QED) is 0.697. The van der Waals surface area contributed by atoms with Gasteiger partial charge in [-0.3, -0.25) is 4.90 Å². The van der Waals surface area contributed by atoms with Crippen molar-refractivity contribution in [3.05, 3.63) is 32.4 Å². The molecule has 0 radical (unpaired) electrons. The highest BCUT2D eigenvalue weighted by Gasteiger charge is 2.31. The van der Waals surface area contributed by atoms with Gasteiger partial charge in [0.1, 0.15) is 9.77 Å². The molecule has 2 aromatic heterocycles. The van der Waals surface area contributed by atoms with Crippen molar-refractivity contribution in [3.8, 4) is 0 Å². The minimum atomic E-state index is -3.72. The van der Waals surface area contributed by atoms with Crippen LogP contribution in [0.25, 0.3) is 0 Å². The molecule has 10 heteroatoms. The van der Waals surface area contributed by atoms with Crippen LogP contribution in [0.2, 0.25) is 0 Å². The molecule has 0 N–H and O–H groups in total. The maximum atomic E-state index is 13.0. The summed E-state index contributed by atoms with van der Waals surface area (Å²) in [7, 11) is -2.46. The smallest absolute Gasteiger partial charge is 0.349 e. The predicted molar refractivity (Wildman–Crippen MR) is 101 cm³/mol. The summed E-state index contributed by atoms with van der Waals surface area (Å²) in [5.74, 6) is -0.617. The van der Waals surface area contributed by atoms with Gasteiger partial charge in [-0.05, 0) is 31.3 Å². The minimum absolute atomic E-state index is 0.0397. The fourth-order valence-corrected chi connectivity index (χ4v) is 6.32. The van der Waals surface area contributed by atoms with Crippen LogP contribution in [0.5, 0.6) is 0 Å². The van der Waals surface area contributed by atoms with Crippen molar-refractivity contribution in [1.29, 1.82) is 0 Å². The number of thiazole rings is 1. The fraction of sp³-hybridized carbons (Fsp3) is 0.500. The van der Waals surface area contributed by atoms with E-state index in [1.54, 1.807) is 16.7 Å². The summed E-state index contributed by atoms with van der Waals surface area (Å²) in [5.41, 5.74) is 1.02. The second kappa shape index (κ2) is 8.13. The molecule has 0 aliphatic carbocycles. The third-order valence-corrected chi connectivity index (χ3v) is 8.00. The van der Waals surface area contributed by atoms with Gasteiger partial charge in [0.2, 0.25) is 10.0 Å². The van der Waals surface area contributed by atoms with E-state index < -0.39 is 16.0 Å². The summed E-state index contributed by atoms with van der Waals surface area (Å²) in [6.45, 7) is 4.98. The van der Waals surface area contributed by atoms with E-state index in [1.807, 2.05) is 12.3 Å². The van der Waals surface area contributed by atoms with Crippen LogP contribution in [-0.2, 0) is 21.3 Å². The Bertz CT molecular complexity index is 875. The van der Waals surface area contributed by atoms with E-state index >= 15 is 0 Å². The Morgan fingerprint density at radius 3 is 2.77 bits per heavy atom. The molecule has 1 aliphatic rings. The molecule has 3 heterocycles. The molecule has 0 spiro atoms. The van der Waals surface area contributed by atoms with Crippen LogP contribution in [0.15, 0.2) is 21.7 Å². The number of aryl methyl sites for hydroxylation is 1.